The van der Waals surface area contributed by atoms with Gasteiger partial charge < -0.3 is 0 Å². The average molecular weight is 169 g/mol. The lowest BCUT2D eigenvalue weighted by Gasteiger charge is -2.11. The molecule has 3 rings (SSSR count). The molecule has 1 aromatic rings. The third kappa shape index (κ3) is 0.935. The summed E-state index contributed by atoms with van der Waals surface area (Å²) in [5, 5.41) is 7.78. The number of hydrogen-bond acceptors (Lipinski definition) is 3. The van der Waals surface area contributed by atoms with Crippen LogP contribution in [0.2, 0.25) is 0 Å². The lowest BCUT2D eigenvalue weighted by Crippen LogP contribution is -2.04. The zero-order valence-corrected chi connectivity index (χ0v) is 6.94. The second-order valence-electron chi connectivity index (χ2n) is 3.11. The molecule has 2 heterocycles. The van der Waals surface area contributed by atoms with Gasteiger partial charge >= 0.3 is 0 Å². The monoisotopic (exact) mass is 169 g/mol. The summed E-state index contributed by atoms with van der Waals surface area (Å²) in [5.41, 5.74) is 3.40. The number of benzene rings is 1. The van der Waals surface area contributed by atoms with Crippen molar-refractivity contribution in [3.8, 4) is 0 Å². The maximum Gasteiger partial charge on any atom is 0.180 e. The van der Waals surface area contributed by atoms with Crippen molar-refractivity contribution in [3.63, 3.8) is 0 Å². The highest BCUT2D eigenvalue weighted by molar-refractivity contribution is 6.03. The molecule has 1 aromatic carbocycles. The first kappa shape index (κ1) is 6.71. The Morgan fingerprint density at radius 2 is 2.08 bits per heavy atom. The Hall–Kier alpha value is -1.77. The molecule has 0 radical (unpaired) electrons. The van der Waals surface area contributed by atoms with Crippen molar-refractivity contribution < 1.29 is 0 Å². The van der Waals surface area contributed by atoms with Gasteiger partial charge in [0.05, 0.1) is 11.9 Å². The maximum absolute atomic E-state index is 4.40. The van der Waals surface area contributed by atoms with Gasteiger partial charge in [0.2, 0.25) is 0 Å². The lowest BCUT2D eigenvalue weighted by molar-refractivity contribution is 1.17. The van der Waals surface area contributed by atoms with Gasteiger partial charge in [0.1, 0.15) is 0 Å². The summed E-state index contributed by atoms with van der Waals surface area (Å²) >= 11 is 0. The molecule has 0 bridgehead atoms. The minimum Gasteiger partial charge on any atom is -0.227 e. The minimum absolute atomic E-state index is 0.777. The highest BCUT2D eigenvalue weighted by Crippen LogP contribution is 2.30. The number of hydrogen-bond donors (Lipinski definition) is 0. The van der Waals surface area contributed by atoms with Crippen LogP contribution in [0, 0.1) is 0 Å². The van der Waals surface area contributed by atoms with E-state index in [-0.39, 0.29) is 0 Å². The number of para-hydroxylation sites is 1. The molecule has 0 aromatic heterocycles. The SMILES string of the molecule is C1=C2Cc3ccccc3N=C2N=N1. The van der Waals surface area contributed by atoms with Gasteiger partial charge in [0.15, 0.2) is 5.84 Å². The van der Waals surface area contributed by atoms with E-state index in [4.69, 9.17) is 0 Å². The zero-order chi connectivity index (χ0) is 8.67. The quantitative estimate of drug-likeness (QED) is 0.572. The van der Waals surface area contributed by atoms with Crippen LogP contribution in [0.15, 0.2) is 51.3 Å². The van der Waals surface area contributed by atoms with E-state index in [2.05, 4.69) is 21.3 Å². The van der Waals surface area contributed by atoms with Crippen molar-refractivity contribution in [2.24, 2.45) is 15.2 Å². The fourth-order valence-electron chi connectivity index (χ4n) is 1.58. The van der Waals surface area contributed by atoms with Gasteiger partial charge in [-0.05, 0) is 11.6 Å². The highest BCUT2D eigenvalue weighted by Gasteiger charge is 2.18. The van der Waals surface area contributed by atoms with Crippen LogP contribution in [-0.4, -0.2) is 5.84 Å². The molecule has 0 saturated carbocycles. The number of nitrogens with zero attached hydrogens (tertiary/aromatic N) is 3. The van der Waals surface area contributed by atoms with E-state index in [1.807, 2.05) is 18.2 Å². The minimum atomic E-state index is 0.777. The Balaban J connectivity index is 2.21. The molecule has 0 spiro atoms. The molecule has 0 N–H and O–H groups in total. The summed E-state index contributed by atoms with van der Waals surface area (Å²) < 4.78 is 0. The van der Waals surface area contributed by atoms with E-state index in [0.29, 0.717) is 0 Å². The zero-order valence-electron chi connectivity index (χ0n) is 6.94. The fraction of sp³-hybridized carbons (Fsp3) is 0.100. The summed E-state index contributed by atoms with van der Waals surface area (Å²) in [6, 6.07) is 8.12. The molecule has 2 aliphatic rings. The largest absolute Gasteiger partial charge is 0.227 e. The summed E-state index contributed by atoms with van der Waals surface area (Å²) in [4.78, 5) is 4.40. The molecule has 0 fully saturated rings. The Labute approximate surface area is 75.5 Å². The van der Waals surface area contributed by atoms with Crippen LogP contribution in [0.1, 0.15) is 5.56 Å². The first-order valence-corrected chi connectivity index (χ1v) is 4.20. The Kier molecular flexibility index (Phi) is 1.22. The smallest absolute Gasteiger partial charge is 0.180 e. The van der Waals surface area contributed by atoms with Gasteiger partial charge in [-0.25, -0.2) is 4.99 Å². The number of azo groups is 1. The van der Waals surface area contributed by atoms with Crippen molar-refractivity contribution in [3.05, 3.63) is 41.6 Å². The fourth-order valence-corrected chi connectivity index (χ4v) is 1.58. The van der Waals surface area contributed by atoms with E-state index in [1.54, 1.807) is 6.20 Å². The molecule has 0 aliphatic carbocycles. The van der Waals surface area contributed by atoms with Gasteiger partial charge in [-0.3, -0.25) is 0 Å². The van der Waals surface area contributed by atoms with E-state index >= 15 is 0 Å². The third-order valence-electron chi connectivity index (χ3n) is 2.25. The molecule has 0 unspecified atom stereocenters. The van der Waals surface area contributed by atoms with Gasteiger partial charge in [-0.2, -0.15) is 5.11 Å². The lowest BCUT2D eigenvalue weighted by atomic mass is 10.0. The van der Waals surface area contributed by atoms with Crippen molar-refractivity contribution in [1.82, 2.24) is 0 Å². The predicted octanol–water partition coefficient (Wildman–Crippen LogP) is 2.62. The van der Waals surface area contributed by atoms with Crippen LogP contribution >= 0.6 is 0 Å². The predicted molar refractivity (Wildman–Crippen MR) is 50.2 cm³/mol. The highest BCUT2D eigenvalue weighted by atomic mass is 15.2. The van der Waals surface area contributed by atoms with Crippen LogP contribution < -0.4 is 0 Å². The van der Waals surface area contributed by atoms with Crippen molar-refractivity contribution in [2.45, 2.75) is 6.42 Å². The molecule has 0 amide bonds. The Bertz CT molecular complexity index is 455. The summed E-state index contributed by atoms with van der Waals surface area (Å²) in [6.45, 7) is 0. The topological polar surface area (TPSA) is 37.1 Å². The number of amidine groups is 1. The standard InChI is InChI=1S/C10H7N3/c1-2-4-9-7(3-1)5-8-6-11-13-10(8)12-9/h1-4,6H,5H2. The summed E-state index contributed by atoms with van der Waals surface area (Å²) in [7, 11) is 0. The third-order valence-corrected chi connectivity index (χ3v) is 2.25. The number of rotatable bonds is 0. The number of aliphatic imine (C=N–C) groups is 1. The van der Waals surface area contributed by atoms with E-state index < -0.39 is 0 Å². The molecule has 62 valence electrons. The van der Waals surface area contributed by atoms with Crippen LogP contribution in [0.5, 0.6) is 0 Å². The Morgan fingerprint density at radius 1 is 1.15 bits per heavy atom. The molecule has 3 heteroatoms. The molecule has 0 atom stereocenters. The van der Waals surface area contributed by atoms with Crippen molar-refractivity contribution in [2.75, 3.05) is 0 Å². The summed E-state index contributed by atoms with van der Waals surface area (Å²) in [6.07, 6.45) is 2.69. The Morgan fingerprint density at radius 3 is 3.08 bits per heavy atom. The van der Waals surface area contributed by atoms with E-state index in [9.17, 15) is 0 Å². The average Bonchev–Trinajstić information content (AvgIpc) is 2.61. The summed E-state index contributed by atoms with van der Waals surface area (Å²) in [5.74, 6) is 0.777. The molecular weight excluding hydrogens is 162 g/mol. The second-order valence-corrected chi connectivity index (χ2v) is 3.11. The molecular formula is C10H7N3. The van der Waals surface area contributed by atoms with Crippen molar-refractivity contribution >= 4 is 11.5 Å². The number of fused-ring (bicyclic) bond motifs is 2. The molecule has 2 aliphatic heterocycles. The van der Waals surface area contributed by atoms with Crippen LogP contribution in [0.4, 0.5) is 5.69 Å². The molecule has 13 heavy (non-hydrogen) atoms. The van der Waals surface area contributed by atoms with Gasteiger partial charge in [0.25, 0.3) is 0 Å². The first-order chi connectivity index (χ1) is 6.43. The van der Waals surface area contributed by atoms with Gasteiger partial charge in [0, 0.05) is 12.0 Å². The van der Waals surface area contributed by atoms with Gasteiger partial charge in [-0.15, -0.1) is 5.11 Å². The first-order valence-electron chi connectivity index (χ1n) is 4.20. The van der Waals surface area contributed by atoms with Crippen LogP contribution in [-0.2, 0) is 6.42 Å². The maximum atomic E-state index is 4.40. The van der Waals surface area contributed by atoms with Crippen molar-refractivity contribution in [1.29, 1.82) is 0 Å². The van der Waals surface area contributed by atoms with Crippen LogP contribution in [0.25, 0.3) is 0 Å². The second kappa shape index (κ2) is 2.36. The normalized spacial score (nSPS) is 17.5. The molecule has 3 nitrogen and oxygen atoms in total. The van der Waals surface area contributed by atoms with E-state index in [0.717, 1.165) is 23.5 Å². The van der Waals surface area contributed by atoms with E-state index in [1.165, 1.54) is 5.56 Å². The van der Waals surface area contributed by atoms with Crippen LogP contribution in [0.3, 0.4) is 0 Å². The molecule has 0 saturated heterocycles. The van der Waals surface area contributed by atoms with Gasteiger partial charge in [-0.1, -0.05) is 18.2 Å².